The van der Waals surface area contributed by atoms with Crippen LogP contribution >= 0.6 is 0 Å². The summed E-state index contributed by atoms with van der Waals surface area (Å²) >= 11 is 0. The first-order valence-corrected chi connectivity index (χ1v) is 12.7. The van der Waals surface area contributed by atoms with E-state index in [9.17, 15) is 39.6 Å². The summed E-state index contributed by atoms with van der Waals surface area (Å²) in [5.41, 5.74) is -0.912. The van der Waals surface area contributed by atoms with E-state index in [1.165, 1.54) is 52.7 Å². The summed E-state index contributed by atoms with van der Waals surface area (Å²) in [6.45, 7) is 0. The molecule has 0 radical (unpaired) electrons. The summed E-state index contributed by atoms with van der Waals surface area (Å²) in [7, 11) is 5.20. The molecule has 4 rings (SSSR count). The van der Waals surface area contributed by atoms with E-state index in [1.807, 2.05) is 0 Å². The third-order valence-electron chi connectivity index (χ3n) is 6.69. The van der Waals surface area contributed by atoms with Crippen LogP contribution in [0.5, 0.6) is 46.0 Å². The van der Waals surface area contributed by atoms with Crippen molar-refractivity contribution in [2.24, 2.45) is 0 Å². The molecular weight excluding hydrogens is 576 g/mol. The zero-order valence-electron chi connectivity index (χ0n) is 23.8. The summed E-state index contributed by atoms with van der Waals surface area (Å²) in [6.07, 6.45) is 0. The number of hydrogen-bond acceptors (Lipinski definition) is 12. The molecule has 0 amide bonds. The molecule has 4 aromatic carbocycles. The molecule has 0 aliphatic heterocycles. The second-order valence-corrected chi connectivity index (χ2v) is 9.22. The minimum atomic E-state index is -1.10. The molecule has 0 spiro atoms. The van der Waals surface area contributed by atoms with Crippen molar-refractivity contribution in [2.45, 2.75) is 0 Å². The lowest BCUT2D eigenvalue weighted by molar-refractivity contribution is 0.0813. The standard InChI is InChI=1S/C32H26O12/c1-41-25-13-27(43-3)21(31(39)29(37)17-7-5-15(33)9-23(17)35)11-19(25)20-12-22(28(44-4)14-26(20)42-2)32(40)30(38)18-8-6-16(34)10-24(18)36/h5-14,33-36H,1-4H3. The molecular formula is C32H26O12. The summed E-state index contributed by atoms with van der Waals surface area (Å²) in [4.78, 5) is 53.1. The van der Waals surface area contributed by atoms with Crippen molar-refractivity contribution in [1.29, 1.82) is 0 Å². The molecule has 226 valence electrons. The number of rotatable bonds is 11. The molecule has 0 atom stereocenters. The van der Waals surface area contributed by atoms with E-state index in [0.29, 0.717) is 0 Å². The number of carbonyl (C=O) groups is 4. The predicted octanol–water partition coefficient (Wildman–Crippen LogP) is 4.34. The van der Waals surface area contributed by atoms with Gasteiger partial charge in [0.1, 0.15) is 46.0 Å². The monoisotopic (exact) mass is 602 g/mol. The highest BCUT2D eigenvalue weighted by molar-refractivity contribution is 6.51. The average Bonchev–Trinajstić information content (AvgIpc) is 3.02. The molecule has 4 N–H and O–H groups in total. The van der Waals surface area contributed by atoms with Crippen LogP contribution in [0, 0.1) is 0 Å². The highest BCUT2D eigenvalue weighted by Gasteiger charge is 2.30. The normalized spacial score (nSPS) is 10.5. The van der Waals surface area contributed by atoms with Crippen molar-refractivity contribution in [3.63, 3.8) is 0 Å². The van der Waals surface area contributed by atoms with Crippen molar-refractivity contribution in [3.05, 3.63) is 82.9 Å². The average molecular weight is 603 g/mol. The SMILES string of the molecule is COc1cc(OC)c(-c2cc(C(=O)C(=O)c3ccc(O)cc3O)c(OC)cc2OC)cc1C(=O)C(=O)c1ccc(O)cc1O. The molecule has 0 aliphatic carbocycles. The zero-order valence-corrected chi connectivity index (χ0v) is 23.8. The number of carbonyl (C=O) groups excluding carboxylic acids is 4. The summed E-state index contributed by atoms with van der Waals surface area (Å²) in [5.74, 6) is -6.05. The van der Waals surface area contributed by atoms with E-state index in [4.69, 9.17) is 18.9 Å². The molecule has 0 aromatic heterocycles. The summed E-state index contributed by atoms with van der Waals surface area (Å²) in [5, 5.41) is 39.5. The number of aromatic hydroxyl groups is 4. The van der Waals surface area contributed by atoms with Crippen molar-refractivity contribution < 1.29 is 58.6 Å². The molecule has 0 saturated carbocycles. The van der Waals surface area contributed by atoms with Gasteiger partial charge in [-0.1, -0.05) is 0 Å². The Labute approximate surface area is 250 Å². The van der Waals surface area contributed by atoms with Gasteiger partial charge in [0.15, 0.2) is 0 Å². The fourth-order valence-corrected chi connectivity index (χ4v) is 4.49. The number of Topliss-reactive ketones (excluding diaryl/α,β-unsaturated/α-hetero) is 4. The van der Waals surface area contributed by atoms with E-state index in [1.54, 1.807) is 0 Å². The molecule has 0 unspecified atom stereocenters. The van der Waals surface area contributed by atoms with E-state index < -0.39 is 34.6 Å². The van der Waals surface area contributed by atoms with Crippen LogP contribution in [0.15, 0.2) is 60.7 Å². The summed E-state index contributed by atoms with van der Waals surface area (Å²) in [6, 6.07) is 11.5. The molecule has 0 heterocycles. The lowest BCUT2D eigenvalue weighted by Crippen LogP contribution is -2.17. The van der Waals surface area contributed by atoms with Crippen LogP contribution in [-0.4, -0.2) is 72.0 Å². The van der Waals surface area contributed by atoms with Crippen LogP contribution in [0.2, 0.25) is 0 Å². The maximum atomic E-state index is 13.4. The molecule has 44 heavy (non-hydrogen) atoms. The smallest absolute Gasteiger partial charge is 0.237 e. The first kappa shape index (κ1) is 30.9. The Bertz CT molecular complexity index is 1690. The van der Waals surface area contributed by atoms with Gasteiger partial charge in [0.2, 0.25) is 23.1 Å². The number of methoxy groups -OCH3 is 4. The van der Waals surface area contributed by atoms with Gasteiger partial charge in [0.05, 0.1) is 50.7 Å². The van der Waals surface area contributed by atoms with Crippen LogP contribution in [0.3, 0.4) is 0 Å². The Hall–Kier alpha value is -6.04. The maximum absolute atomic E-state index is 13.4. The lowest BCUT2D eigenvalue weighted by atomic mass is 9.92. The topological polar surface area (TPSA) is 186 Å². The van der Waals surface area contributed by atoms with Crippen molar-refractivity contribution >= 4 is 23.1 Å². The number of ketones is 4. The molecule has 0 bridgehead atoms. The van der Waals surface area contributed by atoms with Crippen LogP contribution in [-0.2, 0) is 0 Å². The minimum Gasteiger partial charge on any atom is -0.508 e. The quantitative estimate of drug-likeness (QED) is 0.141. The van der Waals surface area contributed by atoms with Gasteiger partial charge in [-0.3, -0.25) is 19.2 Å². The first-order chi connectivity index (χ1) is 20.9. The Balaban J connectivity index is 1.90. The number of phenolic OH excluding ortho intramolecular Hbond substituents is 4. The number of ether oxygens (including phenoxy) is 4. The fourth-order valence-electron chi connectivity index (χ4n) is 4.49. The Morgan fingerprint density at radius 1 is 0.432 bits per heavy atom. The van der Waals surface area contributed by atoms with Gasteiger partial charge in [0, 0.05) is 35.4 Å². The fraction of sp³-hybridized carbons (Fsp3) is 0.125. The second-order valence-electron chi connectivity index (χ2n) is 9.22. The van der Waals surface area contributed by atoms with E-state index in [2.05, 4.69) is 0 Å². The van der Waals surface area contributed by atoms with Crippen LogP contribution < -0.4 is 18.9 Å². The van der Waals surface area contributed by atoms with Gasteiger partial charge < -0.3 is 39.4 Å². The van der Waals surface area contributed by atoms with E-state index in [-0.39, 0.29) is 67.9 Å². The van der Waals surface area contributed by atoms with Crippen LogP contribution in [0.1, 0.15) is 41.4 Å². The largest absolute Gasteiger partial charge is 0.508 e. The van der Waals surface area contributed by atoms with Gasteiger partial charge in [-0.2, -0.15) is 0 Å². The van der Waals surface area contributed by atoms with Gasteiger partial charge in [-0.05, 0) is 36.4 Å². The number of hydrogen-bond donors (Lipinski definition) is 4. The highest BCUT2D eigenvalue weighted by Crippen LogP contribution is 2.44. The van der Waals surface area contributed by atoms with Gasteiger partial charge >= 0.3 is 0 Å². The predicted molar refractivity (Wildman–Crippen MR) is 155 cm³/mol. The molecule has 0 aliphatic rings. The van der Waals surface area contributed by atoms with Gasteiger partial charge in [-0.15, -0.1) is 0 Å². The molecule has 4 aromatic rings. The molecule has 0 fully saturated rings. The van der Waals surface area contributed by atoms with Crippen LogP contribution in [0.4, 0.5) is 0 Å². The van der Waals surface area contributed by atoms with E-state index in [0.717, 1.165) is 36.4 Å². The zero-order chi connectivity index (χ0) is 32.3. The highest BCUT2D eigenvalue weighted by atomic mass is 16.5. The van der Waals surface area contributed by atoms with Crippen molar-refractivity contribution in [2.75, 3.05) is 28.4 Å². The van der Waals surface area contributed by atoms with E-state index >= 15 is 0 Å². The Morgan fingerprint density at radius 2 is 0.750 bits per heavy atom. The number of phenols is 4. The third-order valence-corrected chi connectivity index (χ3v) is 6.69. The first-order valence-electron chi connectivity index (χ1n) is 12.7. The van der Waals surface area contributed by atoms with Gasteiger partial charge in [-0.25, -0.2) is 0 Å². The molecule has 0 saturated heterocycles. The van der Waals surface area contributed by atoms with Gasteiger partial charge in [0.25, 0.3) is 0 Å². The Morgan fingerprint density at radius 3 is 1.05 bits per heavy atom. The number of benzene rings is 4. The molecule has 12 nitrogen and oxygen atoms in total. The van der Waals surface area contributed by atoms with Crippen LogP contribution in [0.25, 0.3) is 11.1 Å². The summed E-state index contributed by atoms with van der Waals surface area (Å²) < 4.78 is 21.7. The third kappa shape index (κ3) is 5.68. The lowest BCUT2D eigenvalue weighted by Gasteiger charge is -2.18. The maximum Gasteiger partial charge on any atom is 0.237 e. The Kier molecular flexibility index (Phi) is 8.75. The van der Waals surface area contributed by atoms with Crippen molar-refractivity contribution in [3.8, 4) is 57.1 Å². The van der Waals surface area contributed by atoms with Crippen molar-refractivity contribution in [1.82, 2.24) is 0 Å². The second kappa shape index (κ2) is 12.4. The molecule has 12 heteroatoms. The minimum absolute atomic E-state index is 0.0519.